The van der Waals surface area contributed by atoms with E-state index in [9.17, 15) is 19.2 Å². The monoisotopic (exact) mass is 375 g/mol. The second-order valence-electron chi connectivity index (χ2n) is 2.68. The predicted molar refractivity (Wildman–Crippen MR) is 60.0 cm³/mol. The van der Waals surface area contributed by atoms with Crippen molar-refractivity contribution in [1.82, 2.24) is 5.32 Å². The molecule has 19 heavy (non-hydrogen) atoms. The number of carboxylic acid groups (broad SMARTS) is 1. The summed E-state index contributed by atoms with van der Waals surface area (Å²) in [7, 11) is 0. The zero-order valence-electron chi connectivity index (χ0n) is 9.50. The molecule has 0 saturated carbocycles. The molecule has 0 aliphatic rings. The molecule has 3 amide bonds. The number of nitrogens with one attached hydrogen (secondary N) is 1. The predicted octanol–water partition coefficient (Wildman–Crippen LogP) is -1.59. The van der Waals surface area contributed by atoms with Gasteiger partial charge in [-0.05, 0) is 0 Å². The molecule has 0 spiro atoms. The van der Waals surface area contributed by atoms with Crippen LogP contribution in [-0.4, -0.2) is 54.2 Å². The number of rotatable bonds is 6. The number of hydrogen-bond donors (Lipinski definition) is 2. The maximum atomic E-state index is 10.9. The van der Waals surface area contributed by atoms with Crippen molar-refractivity contribution in [3.63, 3.8) is 0 Å². The van der Waals surface area contributed by atoms with Crippen LogP contribution in [0.5, 0.6) is 0 Å². The first-order chi connectivity index (χ1) is 8.97. The summed E-state index contributed by atoms with van der Waals surface area (Å²) in [5.41, 5.74) is 0. The molecule has 0 aromatic carbocycles. The van der Waals surface area contributed by atoms with Crippen molar-refractivity contribution in [3.8, 4) is 0 Å². The van der Waals surface area contributed by atoms with Gasteiger partial charge in [0.2, 0.25) is 0 Å². The SMILES string of the molecule is O=C(O)CNC(=O)C(=O)[N-]CC(=O)[N-]CC[S-].[O]=[99Tc+3]. The molecule has 0 radical (unpaired) electrons. The van der Waals surface area contributed by atoms with Gasteiger partial charge in [-0.1, -0.05) is 6.54 Å². The van der Waals surface area contributed by atoms with Gasteiger partial charge < -0.3 is 43.3 Å². The Bertz CT molecular complexity index is 340. The van der Waals surface area contributed by atoms with Gasteiger partial charge in [0.05, 0.1) is 0 Å². The van der Waals surface area contributed by atoms with Gasteiger partial charge in [-0.2, -0.15) is 12.3 Å². The van der Waals surface area contributed by atoms with Gasteiger partial charge in [0.15, 0.2) is 0 Å². The van der Waals surface area contributed by atoms with E-state index in [1.54, 1.807) is 0 Å². The van der Waals surface area contributed by atoms with E-state index < -0.39 is 36.8 Å². The van der Waals surface area contributed by atoms with Crippen LogP contribution < -0.4 is 5.32 Å². The first kappa shape index (κ1) is 20.0. The third-order valence-electron chi connectivity index (χ3n) is 1.33. The summed E-state index contributed by atoms with van der Waals surface area (Å²) in [4.78, 5) is 42.8. The Morgan fingerprint density at radius 1 is 1.16 bits per heavy atom. The normalized spacial score (nSPS) is 8.42. The standard InChI is InChI=1S/C8H13N3O5S.O.Tc/c12-5(9-1-2-17)3-10-7(15)8(16)11-4-6(13)14;;/h1-4H2,(H5,9,10,11,12,13,14,15,16,17);;/q;;+3/p-3/i;;1+1. The van der Waals surface area contributed by atoms with Crippen LogP contribution in [-0.2, 0) is 54.2 Å². The number of amides is 3. The molecular formula is C8H10N3O6STc. The number of hydrogen-bond acceptors (Lipinski definition) is 6. The Balaban J connectivity index is 0. The summed E-state index contributed by atoms with van der Waals surface area (Å²) in [6.07, 6.45) is 0. The second kappa shape index (κ2) is 13.1. The van der Waals surface area contributed by atoms with E-state index in [1.807, 2.05) is 5.32 Å². The minimum atomic E-state index is -1.29. The quantitative estimate of drug-likeness (QED) is 0.421. The average molecular weight is 375 g/mol. The van der Waals surface area contributed by atoms with Gasteiger partial charge in [0, 0.05) is 5.91 Å². The molecular weight excluding hydrogens is 365 g/mol. The molecule has 0 rings (SSSR count). The van der Waals surface area contributed by atoms with E-state index in [0.29, 0.717) is 0 Å². The Morgan fingerprint density at radius 3 is 2.21 bits per heavy atom. The van der Waals surface area contributed by atoms with Gasteiger partial charge in [0.1, 0.15) is 12.5 Å². The summed E-state index contributed by atoms with van der Waals surface area (Å²) in [5.74, 6) is -4.06. The van der Waals surface area contributed by atoms with Crippen molar-refractivity contribution in [3.05, 3.63) is 10.6 Å². The van der Waals surface area contributed by atoms with Crippen LogP contribution in [0.25, 0.3) is 10.6 Å². The summed E-state index contributed by atoms with van der Waals surface area (Å²) >= 11 is 5.44. The van der Waals surface area contributed by atoms with Crippen molar-refractivity contribution < 1.29 is 46.6 Å². The first-order valence-electron chi connectivity index (χ1n) is 4.62. The van der Waals surface area contributed by atoms with Gasteiger partial charge in [0.25, 0.3) is 5.91 Å². The van der Waals surface area contributed by atoms with Gasteiger partial charge in [-0.15, -0.1) is 0 Å². The molecule has 0 atom stereocenters. The van der Waals surface area contributed by atoms with E-state index in [2.05, 4.69) is 23.3 Å². The van der Waals surface area contributed by atoms with Crippen molar-refractivity contribution in [2.75, 3.05) is 25.4 Å². The van der Waals surface area contributed by atoms with Crippen molar-refractivity contribution in [1.29, 1.82) is 0 Å². The molecule has 0 bridgehead atoms. The molecule has 0 aromatic heterocycles. The Hall–Kier alpha value is -1.32. The van der Waals surface area contributed by atoms with Gasteiger partial charge in [-0.3, -0.25) is 9.59 Å². The first-order valence-corrected chi connectivity index (χ1v) is 5.96. The number of carbonyl (C=O) groups is 4. The Kier molecular flexibility index (Phi) is 13.8. The molecule has 0 aliphatic carbocycles. The fraction of sp³-hybridized carbons (Fsp3) is 0.500. The minimum absolute atomic E-state index is 0.156. The molecule has 0 aromatic rings. The van der Waals surface area contributed by atoms with Crippen LogP contribution in [0.1, 0.15) is 0 Å². The summed E-state index contributed by atoms with van der Waals surface area (Å²) in [6.45, 7) is -1.08. The summed E-state index contributed by atoms with van der Waals surface area (Å²) < 4.78 is 8.22. The van der Waals surface area contributed by atoms with E-state index in [0.717, 1.165) is 18.9 Å². The van der Waals surface area contributed by atoms with Crippen molar-refractivity contribution >= 4 is 36.3 Å². The van der Waals surface area contributed by atoms with Gasteiger partial charge >= 0.3 is 28.3 Å². The van der Waals surface area contributed by atoms with Crippen LogP contribution in [0.15, 0.2) is 0 Å². The van der Waals surface area contributed by atoms with E-state index in [4.69, 9.17) is 8.61 Å². The van der Waals surface area contributed by atoms with Crippen LogP contribution in [0.2, 0.25) is 0 Å². The van der Waals surface area contributed by atoms with Crippen molar-refractivity contribution in [2.45, 2.75) is 0 Å². The number of aliphatic carboxylic acids is 1. The van der Waals surface area contributed by atoms with E-state index in [1.165, 1.54) is 0 Å². The fourth-order valence-corrected chi connectivity index (χ4v) is 0.754. The molecule has 0 unspecified atom stereocenters. The number of carboxylic acids is 1. The number of nitrogens with zero attached hydrogens (tertiary/aromatic N) is 2. The zero-order chi connectivity index (χ0) is 15.3. The third kappa shape index (κ3) is 12.9. The summed E-state index contributed by atoms with van der Waals surface area (Å²) in [5, 5.41) is 16.6. The number of carbonyl (C=O) groups excluding carboxylic acids is 3. The Morgan fingerprint density at radius 2 is 1.74 bits per heavy atom. The van der Waals surface area contributed by atoms with Crippen LogP contribution in [0, 0.1) is 0 Å². The molecule has 106 valence electrons. The van der Waals surface area contributed by atoms with E-state index >= 15 is 0 Å². The Labute approximate surface area is 124 Å². The molecule has 0 saturated heterocycles. The summed E-state index contributed by atoms with van der Waals surface area (Å²) in [6, 6.07) is 0. The molecule has 9 nitrogen and oxygen atoms in total. The second-order valence-corrected chi connectivity index (χ2v) is 3.09. The third-order valence-corrected chi connectivity index (χ3v) is 1.51. The topological polar surface area (TPSA) is 146 Å². The van der Waals surface area contributed by atoms with Gasteiger partial charge in [-0.25, -0.2) is 0 Å². The maximum absolute atomic E-state index is 10.9. The van der Waals surface area contributed by atoms with Crippen molar-refractivity contribution in [2.24, 2.45) is 0 Å². The zero-order valence-corrected chi connectivity index (χ0v) is 12.2. The fourth-order valence-electron chi connectivity index (χ4n) is 0.663. The van der Waals surface area contributed by atoms with E-state index in [-0.39, 0.29) is 12.3 Å². The van der Waals surface area contributed by atoms with Crippen LogP contribution in [0.3, 0.4) is 0 Å². The molecule has 11 heteroatoms. The average Bonchev–Trinajstić information content (AvgIpc) is 2.41. The molecule has 0 fully saturated rings. The molecule has 2 N–H and O–H groups in total. The molecule has 0 aliphatic heterocycles. The molecule has 0 heterocycles. The van der Waals surface area contributed by atoms with Crippen LogP contribution >= 0.6 is 0 Å². The van der Waals surface area contributed by atoms with Crippen LogP contribution in [0.4, 0.5) is 0 Å².